The Morgan fingerprint density at radius 3 is 2.00 bits per heavy atom. The second-order valence-electron chi connectivity index (χ2n) is 10.6. The number of nitrogens with zero attached hydrogens (tertiary/aromatic N) is 1. The molecular weight excluding hydrogens is 516 g/mol. The standard InChI is InChI=1S/C30H36N2O4S2/c33-37(34)22-29(31-20-24-10-4-1-5-11-24)30(23-37)32(21-25-12-6-2-7-13-25)38(35,36)28-18-16-27(17-19-28)26-14-8-3-9-15-26/h1-2,4-7,10-13,16-19,26,29-31H,3,8-9,14-15,20-23H2/t29-,30-/m0/s1. The number of rotatable bonds is 9. The van der Waals surface area contributed by atoms with E-state index >= 15 is 0 Å². The second kappa shape index (κ2) is 11.7. The van der Waals surface area contributed by atoms with E-state index in [4.69, 9.17) is 0 Å². The van der Waals surface area contributed by atoms with Crippen molar-refractivity contribution < 1.29 is 16.8 Å². The summed E-state index contributed by atoms with van der Waals surface area (Å²) in [6.45, 7) is 0.574. The number of sulfone groups is 1. The van der Waals surface area contributed by atoms with Gasteiger partial charge in [-0.15, -0.1) is 0 Å². The molecular formula is C30H36N2O4S2. The summed E-state index contributed by atoms with van der Waals surface area (Å²) >= 11 is 0. The molecule has 5 rings (SSSR count). The van der Waals surface area contributed by atoms with Crippen LogP contribution in [0.1, 0.15) is 54.7 Å². The van der Waals surface area contributed by atoms with E-state index in [9.17, 15) is 16.8 Å². The number of sulfonamides is 1. The highest BCUT2D eigenvalue weighted by atomic mass is 32.2. The summed E-state index contributed by atoms with van der Waals surface area (Å²) in [5.74, 6) is 0.185. The molecule has 0 bridgehead atoms. The minimum atomic E-state index is -3.97. The minimum absolute atomic E-state index is 0.0913. The first-order valence-corrected chi connectivity index (χ1v) is 16.7. The summed E-state index contributed by atoms with van der Waals surface area (Å²) < 4.78 is 55.4. The Labute approximate surface area is 227 Å². The summed E-state index contributed by atoms with van der Waals surface area (Å²) in [7, 11) is -7.39. The largest absolute Gasteiger partial charge is 0.307 e. The molecule has 1 heterocycles. The zero-order valence-electron chi connectivity index (χ0n) is 21.6. The van der Waals surface area contributed by atoms with Crippen LogP contribution in [-0.2, 0) is 33.0 Å². The average molecular weight is 553 g/mol. The topological polar surface area (TPSA) is 83.6 Å². The molecule has 1 saturated heterocycles. The molecule has 6 nitrogen and oxygen atoms in total. The third-order valence-corrected chi connectivity index (χ3v) is 11.4. The first-order valence-electron chi connectivity index (χ1n) is 13.5. The van der Waals surface area contributed by atoms with Gasteiger partial charge >= 0.3 is 0 Å². The van der Waals surface area contributed by atoms with Crippen LogP contribution in [0.5, 0.6) is 0 Å². The van der Waals surface area contributed by atoms with E-state index in [0.717, 1.165) is 24.0 Å². The highest BCUT2D eigenvalue weighted by molar-refractivity contribution is 7.92. The Balaban J connectivity index is 1.45. The van der Waals surface area contributed by atoms with Crippen molar-refractivity contribution in [3.63, 3.8) is 0 Å². The molecule has 2 aliphatic rings. The van der Waals surface area contributed by atoms with Gasteiger partial charge in [0.25, 0.3) is 0 Å². The van der Waals surface area contributed by atoms with Crippen LogP contribution in [0.2, 0.25) is 0 Å². The fourth-order valence-electron chi connectivity index (χ4n) is 5.78. The van der Waals surface area contributed by atoms with Crippen molar-refractivity contribution in [2.24, 2.45) is 0 Å². The van der Waals surface area contributed by atoms with Crippen molar-refractivity contribution >= 4 is 19.9 Å². The van der Waals surface area contributed by atoms with Gasteiger partial charge in [-0.05, 0) is 47.6 Å². The lowest BCUT2D eigenvalue weighted by atomic mass is 9.84. The molecule has 2 atom stereocenters. The van der Waals surface area contributed by atoms with E-state index in [2.05, 4.69) is 5.32 Å². The molecule has 0 spiro atoms. The van der Waals surface area contributed by atoms with Gasteiger partial charge in [0.05, 0.1) is 22.4 Å². The van der Waals surface area contributed by atoms with E-state index in [0.29, 0.717) is 12.5 Å². The van der Waals surface area contributed by atoms with Gasteiger partial charge in [-0.25, -0.2) is 16.8 Å². The number of hydrogen-bond acceptors (Lipinski definition) is 5. The van der Waals surface area contributed by atoms with Crippen LogP contribution < -0.4 is 5.32 Å². The molecule has 8 heteroatoms. The van der Waals surface area contributed by atoms with Crippen LogP contribution in [0.4, 0.5) is 0 Å². The Bertz CT molecular complexity index is 1400. The van der Waals surface area contributed by atoms with Gasteiger partial charge in [0.15, 0.2) is 9.84 Å². The van der Waals surface area contributed by atoms with E-state index in [1.807, 2.05) is 72.8 Å². The molecule has 38 heavy (non-hydrogen) atoms. The average Bonchev–Trinajstić information content (AvgIpc) is 3.26. The zero-order valence-corrected chi connectivity index (χ0v) is 23.2. The van der Waals surface area contributed by atoms with Gasteiger partial charge in [0, 0.05) is 19.1 Å². The Morgan fingerprint density at radius 1 is 0.763 bits per heavy atom. The molecule has 202 valence electrons. The van der Waals surface area contributed by atoms with Crippen molar-refractivity contribution in [2.45, 2.75) is 68.1 Å². The molecule has 0 unspecified atom stereocenters. The predicted molar refractivity (Wildman–Crippen MR) is 151 cm³/mol. The van der Waals surface area contributed by atoms with Crippen molar-refractivity contribution in [1.82, 2.24) is 9.62 Å². The van der Waals surface area contributed by atoms with Gasteiger partial charge in [0.2, 0.25) is 10.0 Å². The van der Waals surface area contributed by atoms with Crippen LogP contribution in [0.15, 0.2) is 89.8 Å². The first kappa shape index (κ1) is 27.1. The smallest absolute Gasteiger partial charge is 0.243 e. The molecule has 3 aromatic carbocycles. The van der Waals surface area contributed by atoms with Gasteiger partial charge in [0.1, 0.15) is 0 Å². The third-order valence-electron chi connectivity index (χ3n) is 7.85. The van der Waals surface area contributed by atoms with Crippen LogP contribution in [0, 0.1) is 0 Å². The summed E-state index contributed by atoms with van der Waals surface area (Å²) in [5.41, 5.74) is 3.02. The summed E-state index contributed by atoms with van der Waals surface area (Å²) in [6, 6.07) is 25.2. The maximum atomic E-state index is 14.1. The van der Waals surface area contributed by atoms with Crippen molar-refractivity contribution in [2.75, 3.05) is 11.5 Å². The summed E-state index contributed by atoms with van der Waals surface area (Å²) in [6.07, 6.45) is 5.97. The molecule has 0 amide bonds. The Hall–Kier alpha value is -2.52. The fourth-order valence-corrected chi connectivity index (χ4v) is 9.48. The minimum Gasteiger partial charge on any atom is -0.307 e. The van der Waals surface area contributed by atoms with Crippen molar-refractivity contribution in [1.29, 1.82) is 0 Å². The molecule has 1 aliphatic heterocycles. The van der Waals surface area contributed by atoms with Crippen molar-refractivity contribution in [3.8, 4) is 0 Å². The molecule has 1 aliphatic carbocycles. The Morgan fingerprint density at radius 2 is 1.37 bits per heavy atom. The van der Waals surface area contributed by atoms with Crippen molar-refractivity contribution in [3.05, 3.63) is 102 Å². The van der Waals surface area contributed by atoms with Crippen LogP contribution in [0.3, 0.4) is 0 Å². The van der Waals surface area contributed by atoms with Gasteiger partial charge in [-0.1, -0.05) is 92.1 Å². The summed E-state index contributed by atoms with van der Waals surface area (Å²) in [5, 5.41) is 3.36. The highest BCUT2D eigenvalue weighted by Crippen LogP contribution is 2.34. The quantitative estimate of drug-likeness (QED) is 0.409. The molecule has 0 radical (unpaired) electrons. The van der Waals surface area contributed by atoms with Gasteiger partial charge < -0.3 is 5.32 Å². The number of benzene rings is 3. The zero-order chi connectivity index (χ0) is 26.6. The summed E-state index contributed by atoms with van der Waals surface area (Å²) in [4.78, 5) is 0.207. The maximum absolute atomic E-state index is 14.1. The van der Waals surface area contributed by atoms with Crippen LogP contribution in [-0.4, -0.2) is 44.7 Å². The molecule has 1 N–H and O–H groups in total. The normalized spacial score (nSPS) is 22.0. The lowest BCUT2D eigenvalue weighted by Gasteiger charge is -2.32. The van der Waals surface area contributed by atoms with E-state index in [1.165, 1.54) is 29.1 Å². The lowest BCUT2D eigenvalue weighted by molar-refractivity contribution is 0.286. The maximum Gasteiger partial charge on any atom is 0.243 e. The molecule has 1 saturated carbocycles. The molecule has 3 aromatic rings. The highest BCUT2D eigenvalue weighted by Gasteiger charge is 2.45. The predicted octanol–water partition coefficient (Wildman–Crippen LogP) is 4.88. The number of hydrogen-bond donors (Lipinski definition) is 1. The SMILES string of the molecule is O=S1(=O)C[C@H](NCc2ccccc2)[C@@H](N(Cc2ccccc2)S(=O)(=O)c2ccc(C3CCCCC3)cc2)C1. The lowest BCUT2D eigenvalue weighted by Crippen LogP contribution is -2.51. The fraction of sp³-hybridized carbons (Fsp3) is 0.400. The van der Waals surface area contributed by atoms with E-state index in [1.54, 1.807) is 12.1 Å². The first-order chi connectivity index (χ1) is 18.3. The number of nitrogens with one attached hydrogen (secondary N) is 1. The van der Waals surface area contributed by atoms with Crippen LogP contribution >= 0.6 is 0 Å². The molecule has 0 aromatic heterocycles. The van der Waals surface area contributed by atoms with E-state index < -0.39 is 31.9 Å². The third kappa shape index (κ3) is 6.37. The van der Waals surface area contributed by atoms with Gasteiger partial charge in [-0.2, -0.15) is 4.31 Å². The Kier molecular flexibility index (Phi) is 8.33. The van der Waals surface area contributed by atoms with Gasteiger partial charge in [-0.3, -0.25) is 0 Å². The monoisotopic (exact) mass is 552 g/mol. The molecule has 2 fully saturated rings. The van der Waals surface area contributed by atoms with Crippen LogP contribution in [0.25, 0.3) is 0 Å². The second-order valence-corrected chi connectivity index (χ2v) is 14.6. The van der Waals surface area contributed by atoms with E-state index in [-0.39, 0.29) is 22.9 Å².